The fraction of sp³-hybridized carbons (Fsp3) is 0.562. The van der Waals surface area contributed by atoms with Gasteiger partial charge in [0.1, 0.15) is 0 Å². The van der Waals surface area contributed by atoms with Crippen molar-refractivity contribution in [1.29, 1.82) is 0 Å². The Morgan fingerprint density at radius 3 is 2.56 bits per heavy atom. The van der Waals surface area contributed by atoms with Crippen LogP contribution in [-0.2, 0) is 23.0 Å². The lowest BCUT2D eigenvalue weighted by atomic mass is 10.0. The fourth-order valence-corrected chi connectivity index (χ4v) is 5.81. The second-order valence-corrected chi connectivity index (χ2v) is 9.65. The Balaban J connectivity index is 1.76. The number of sulfonamides is 1. The molecule has 0 unspecified atom stereocenters. The van der Waals surface area contributed by atoms with Crippen molar-refractivity contribution in [3.8, 4) is 0 Å². The first-order valence-electron chi connectivity index (χ1n) is 8.56. The first kappa shape index (κ1) is 20.6. The van der Waals surface area contributed by atoms with Gasteiger partial charge in [0, 0.05) is 19.6 Å². The van der Waals surface area contributed by atoms with Crippen LogP contribution in [0.4, 0.5) is 4.79 Å². The molecule has 3 N–H and O–H groups in total. The number of nitrogens with zero attached hydrogens (tertiary/aromatic N) is 2. The van der Waals surface area contributed by atoms with Gasteiger partial charge < -0.3 is 15.2 Å². The summed E-state index contributed by atoms with van der Waals surface area (Å²) < 4.78 is 27.1. The number of benzene rings is 1. The van der Waals surface area contributed by atoms with Gasteiger partial charge in [0.15, 0.2) is 0 Å². The molecule has 0 aromatic heterocycles. The minimum atomic E-state index is -3.73. The Hall–Kier alpha value is -1.10. The average Bonchev–Trinajstić information content (AvgIpc) is 3.10. The van der Waals surface area contributed by atoms with E-state index < -0.39 is 34.0 Å². The highest BCUT2D eigenvalue weighted by atomic mass is 35.5. The van der Waals surface area contributed by atoms with Gasteiger partial charge in [-0.05, 0) is 42.5 Å². The maximum absolute atomic E-state index is 12.9. The number of halogens is 2. The molecular formula is C16H21Cl2N3O5S. The van der Waals surface area contributed by atoms with Crippen molar-refractivity contribution in [2.45, 2.75) is 37.9 Å². The zero-order valence-corrected chi connectivity index (χ0v) is 16.8. The first-order chi connectivity index (χ1) is 12.7. The molecule has 2 atom stereocenters. The summed E-state index contributed by atoms with van der Waals surface area (Å²) >= 11 is 12.1. The quantitative estimate of drug-likeness (QED) is 0.608. The highest BCUT2D eigenvalue weighted by Crippen LogP contribution is 2.31. The number of amides is 1. The van der Waals surface area contributed by atoms with E-state index in [4.69, 9.17) is 23.2 Å². The van der Waals surface area contributed by atoms with Gasteiger partial charge in [-0.2, -0.15) is 9.79 Å². The third kappa shape index (κ3) is 4.33. The van der Waals surface area contributed by atoms with Crippen LogP contribution >= 0.6 is 23.2 Å². The lowest BCUT2D eigenvalue weighted by Crippen LogP contribution is -2.53. The summed E-state index contributed by atoms with van der Waals surface area (Å²) in [5.74, 6) is -0.394. The molecule has 3 rings (SSSR count). The van der Waals surface area contributed by atoms with E-state index in [2.05, 4.69) is 0 Å². The summed E-state index contributed by atoms with van der Waals surface area (Å²) in [5.41, 5.74) is 3.76. The van der Waals surface area contributed by atoms with Crippen LogP contribution in [0.25, 0.3) is 0 Å². The number of likely N-dealkylation sites (tertiary alicyclic amines) is 1. The standard InChI is InChI=1S/C16H21Cl2N3O5S/c17-12-6-10-3-5-20(8-11(10)7-13(12)18)27(25,26)9-14(19-24)15-2-1-4-21(15)16(22)23/h6-7,14-15,19,24H,1-5,8-9H2,(H,22,23)/t14-,15+/m1/s1. The number of carboxylic acid groups (broad SMARTS) is 1. The Morgan fingerprint density at radius 2 is 1.93 bits per heavy atom. The molecule has 2 aliphatic heterocycles. The number of hydroxylamine groups is 1. The average molecular weight is 438 g/mol. The molecule has 27 heavy (non-hydrogen) atoms. The largest absolute Gasteiger partial charge is 0.465 e. The van der Waals surface area contributed by atoms with E-state index in [0.29, 0.717) is 42.4 Å². The van der Waals surface area contributed by atoms with Crippen molar-refractivity contribution < 1.29 is 23.5 Å². The van der Waals surface area contributed by atoms with E-state index in [1.54, 1.807) is 12.1 Å². The maximum atomic E-state index is 12.9. The van der Waals surface area contributed by atoms with Crippen molar-refractivity contribution in [3.63, 3.8) is 0 Å². The smallest absolute Gasteiger partial charge is 0.407 e. The number of rotatable bonds is 5. The minimum absolute atomic E-state index is 0.167. The van der Waals surface area contributed by atoms with Crippen molar-refractivity contribution in [2.24, 2.45) is 0 Å². The molecule has 1 saturated heterocycles. The number of fused-ring (bicyclic) bond motifs is 1. The van der Waals surface area contributed by atoms with Gasteiger partial charge in [-0.15, -0.1) is 0 Å². The Morgan fingerprint density at radius 1 is 1.26 bits per heavy atom. The summed E-state index contributed by atoms with van der Waals surface area (Å²) in [7, 11) is -3.73. The van der Waals surface area contributed by atoms with Crippen LogP contribution < -0.4 is 5.48 Å². The molecular weight excluding hydrogens is 417 g/mol. The van der Waals surface area contributed by atoms with Crippen LogP contribution in [0.5, 0.6) is 0 Å². The third-order valence-electron chi connectivity index (χ3n) is 5.18. The van der Waals surface area contributed by atoms with Crippen LogP contribution in [0.1, 0.15) is 24.0 Å². The van der Waals surface area contributed by atoms with Crippen molar-refractivity contribution >= 4 is 39.3 Å². The molecule has 2 aliphatic rings. The third-order valence-corrected chi connectivity index (χ3v) is 7.78. The predicted molar refractivity (Wildman–Crippen MR) is 101 cm³/mol. The van der Waals surface area contributed by atoms with Gasteiger partial charge in [-0.3, -0.25) is 0 Å². The molecule has 0 bridgehead atoms. The van der Waals surface area contributed by atoms with E-state index >= 15 is 0 Å². The van der Waals surface area contributed by atoms with E-state index in [1.807, 2.05) is 5.48 Å². The van der Waals surface area contributed by atoms with Gasteiger partial charge in [-0.25, -0.2) is 13.2 Å². The van der Waals surface area contributed by atoms with Gasteiger partial charge in [-0.1, -0.05) is 23.2 Å². The van der Waals surface area contributed by atoms with Crippen LogP contribution in [0.15, 0.2) is 12.1 Å². The van der Waals surface area contributed by atoms with Gasteiger partial charge in [0.05, 0.1) is 27.9 Å². The fourth-order valence-electron chi connectivity index (χ4n) is 3.78. The highest BCUT2D eigenvalue weighted by Gasteiger charge is 2.39. The number of nitrogens with one attached hydrogen (secondary N) is 1. The molecule has 2 heterocycles. The van der Waals surface area contributed by atoms with Crippen molar-refractivity contribution in [3.05, 3.63) is 33.3 Å². The monoisotopic (exact) mass is 437 g/mol. The number of hydrogen-bond donors (Lipinski definition) is 3. The van der Waals surface area contributed by atoms with Gasteiger partial charge in [0.2, 0.25) is 10.0 Å². The van der Waals surface area contributed by atoms with E-state index in [1.165, 1.54) is 9.21 Å². The van der Waals surface area contributed by atoms with Crippen LogP contribution in [0, 0.1) is 0 Å². The zero-order valence-electron chi connectivity index (χ0n) is 14.4. The molecule has 150 valence electrons. The van der Waals surface area contributed by atoms with Gasteiger partial charge >= 0.3 is 6.09 Å². The SMILES string of the molecule is O=C(O)N1CCC[C@H]1[C@@H](CS(=O)(=O)N1CCc2cc(Cl)c(Cl)cc2C1)NO. The topological polar surface area (TPSA) is 110 Å². The minimum Gasteiger partial charge on any atom is -0.465 e. The van der Waals surface area contributed by atoms with Crippen LogP contribution in [0.2, 0.25) is 10.0 Å². The van der Waals surface area contributed by atoms with Crippen molar-refractivity contribution in [1.82, 2.24) is 14.7 Å². The zero-order chi connectivity index (χ0) is 19.8. The van der Waals surface area contributed by atoms with Crippen LogP contribution in [0.3, 0.4) is 0 Å². The summed E-state index contributed by atoms with van der Waals surface area (Å²) in [6, 6.07) is 1.94. The molecule has 0 saturated carbocycles. The predicted octanol–water partition coefficient (Wildman–Crippen LogP) is 2.17. The lowest BCUT2D eigenvalue weighted by molar-refractivity contribution is 0.0807. The summed E-state index contributed by atoms with van der Waals surface area (Å²) in [5, 5.41) is 19.6. The molecule has 1 aromatic rings. The lowest BCUT2D eigenvalue weighted by Gasteiger charge is -2.32. The van der Waals surface area contributed by atoms with Crippen molar-refractivity contribution in [2.75, 3.05) is 18.8 Å². The molecule has 8 nitrogen and oxygen atoms in total. The molecule has 1 fully saturated rings. The number of carbonyl (C=O) groups is 1. The second kappa shape index (κ2) is 8.10. The Labute approximate surface area is 167 Å². The molecule has 1 amide bonds. The van der Waals surface area contributed by atoms with E-state index in [9.17, 15) is 23.5 Å². The van der Waals surface area contributed by atoms with E-state index in [-0.39, 0.29) is 6.54 Å². The normalized spacial score (nSPS) is 21.9. The Kier molecular flexibility index (Phi) is 6.19. The van der Waals surface area contributed by atoms with Gasteiger partial charge in [0.25, 0.3) is 0 Å². The molecule has 11 heteroatoms. The Bertz CT molecular complexity index is 836. The molecule has 1 aromatic carbocycles. The molecule has 0 radical (unpaired) electrons. The van der Waals surface area contributed by atoms with Crippen LogP contribution in [-0.4, -0.2) is 65.0 Å². The van der Waals surface area contributed by atoms with E-state index in [0.717, 1.165) is 11.1 Å². The summed E-state index contributed by atoms with van der Waals surface area (Å²) in [6.07, 6.45) is 0.518. The maximum Gasteiger partial charge on any atom is 0.407 e. The number of hydrogen-bond acceptors (Lipinski definition) is 5. The summed E-state index contributed by atoms with van der Waals surface area (Å²) in [6.45, 7) is 0.785. The highest BCUT2D eigenvalue weighted by molar-refractivity contribution is 7.89. The summed E-state index contributed by atoms with van der Waals surface area (Å²) in [4.78, 5) is 12.5. The second-order valence-electron chi connectivity index (χ2n) is 6.82. The molecule has 0 spiro atoms. The molecule has 0 aliphatic carbocycles. The first-order valence-corrected chi connectivity index (χ1v) is 10.9.